The number of aromatic nitrogens is 1. The molecule has 1 aromatic heterocycles. The summed E-state index contributed by atoms with van der Waals surface area (Å²) < 4.78 is 0. The van der Waals surface area contributed by atoms with E-state index in [1.807, 2.05) is 6.20 Å². The molecule has 1 saturated carbocycles. The summed E-state index contributed by atoms with van der Waals surface area (Å²) >= 11 is 0. The summed E-state index contributed by atoms with van der Waals surface area (Å²) in [4.78, 5) is 4.62. The quantitative estimate of drug-likeness (QED) is 0.803. The van der Waals surface area contributed by atoms with Gasteiger partial charge < -0.3 is 5.32 Å². The molecular formula is C18H30N2. The van der Waals surface area contributed by atoms with Gasteiger partial charge in [0.2, 0.25) is 0 Å². The number of hydrogen-bond donors (Lipinski definition) is 1. The molecule has 1 unspecified atom stereocenters. The molecule has 20 heavy (non-hydrogen) atoms. The van der Waals surface area contributed by atoms with E-state index in [4.69, 9.17) is 0 Å². The summed E-state index contributed by atoms with van der Waals surface area (Å²) in [5.41, 5.74) is 2.99. The summed E-state index contributed by atoms with van der Waals surface area (Å²) in [6.07, 6.45) is 11.2. The zero-order chi connectivity index (χ0) is 14.4. The van der Waals surface area contributed by atoms with Gasteiger partial charge in [-0.1, -0.05) is 32.8 Å². The number of nitrogens with one attached hydrogen (secondary N) is 1. The molecule has 0 aliphatic heterocycles. The van der Waals surface area contributed by atoms with Crippen LogP contribution in [-0.2, 0) is 6.42 Å². The summed E-state index contributed by atoms with van der Waals surface area (Å²) in [6.45, 7) is 7.85. The Hall–Kier alpha value is -0.890. The van der Waals surface area contributed by atoms with E-state index in [-0.39, 0.29) is 0 Å². The number of rotatable bonds is 7. The Kier molecular flexibility index (Phi) is 5.59. The second-order valence-electron chi connectivity index (χ2n) is 6.46. The molecule has 1 aliphatic rings. The maximum absolute atomic E-state index is 4.62. The first-order chi connectivity index (χ1) is 9.70. The zero-order valence-electron chi connectivity index (χ0n) is 13.4. The van der Waals surface area contributed by atoms with Crippen LogP contribution < -0.4 is 5.32 Å². The Balaban J connectivity index is 2.12. The predicted octanol–water partition coefficient (Wildman–Crippen LogP) is 4.27. The fraction of sp³-hybridized carbons (Fsp3) is 0.722. The number of hydrogen-bond acceptors (Lipinski definition) is 2. The van der Waals surface area contributed by atoms with Crippen molar-refractivity contribution in [1.82, 2.24) is 10.3 Å². The van der Waals surface area contributed by atoms with E-state index in [0.29, 0.717) is 11.5 Å². The zero-order valence-corrected chi connectivity index (χ0v) is 13.4. The van der Waals surface area contributed by atoms with Crippen molar-refractivity contribution in [2.75, 3.05) is 6.54 Å². The summed E-state index contributed by atoms with van der Waals surface area (Å²) in [6, 6.07) is 4.98. The van der Waals surface area contributed by atoms with Gasteiger partial charge in [0, 0.05) is 24.4 Å². The van der Waals surface area contributed by atoms with Crippen molar-refractivity contribution in [3.8, 4) is 0 Å². The van der Waals surface area contributed by atoms with Crippen molar-refractivity contribution in [3.63, 3.8) is 0 Å². The highest BCUT2D eigenvalue weighted by atomic mass is 14.9. The third-order valence-corrected chi connectivity index (χ3v) is 5.07. The molecule has 2 heteroatoms. The first kappa shape index (κ1) is 15.5. The molecule has 0 saturated heterocycles. The minimum absolute atomic E-state index is 0.502. The molecule has 1 aliphatic carbocycles. The van der Waals surface area contributed by atoms with E-state index in [1.165, 1.54) is 49.8 Å². The molecule has 2 nitrogen and oxygen atoms in total. The molecule has 1 N–H and O–H groups in total. The molecule has 0 spiro atoms. The Morgan fingerprint density at radius 3 is 2.55 bits per heavy atom. The van der Waals surface area contributed by atoms with E-state index < -0.39 is 0 Å². The van der Waals surface area contributed by atoms with Crippen LogP contribution in [0.3, 0.4) is 0 Å². The standard InChI is InChI=1S/C18H30N2/c1-4-12-19-17(18(5-2)10-6-7-11-18)13-16-9-8-15(3)14-20-16/h8-9,14,17,19H,4-7,10-13H2,1-3H3. The maximum atomic E-state index is 4.62. The van der Waals surface area contributed by atoms with Crippen LogP contribution in [0.25, 0.3) is 0 Å². The first-order valence-electron chi connectivity index (χ1n) is 8.35. The van der Waals surface area contributed by atoms with Crippen LogP contribution in [-0.4, -0.2) is 17.6 Å². The van der Waals surface area contributed by atoms with Gasteiger partial charge in [0.05, 0.1) is 0 Å². The second-order valence-corrected chi connectivity index (χ2v) is 6.46. The largest absolute Gasteiger partial charge is 0.313 e. The minimum Gasteiger partial charge on any atom is -0.313 e. The van der Waals surface area contributed by atoms with Gasteiger partial charge >= 0.3 is 0 Å². The molecule has 1 atom stereocenters. The van der Waals surface area contributed by atoms with Gasteiger partial charge in [-0.25, -0.2) is 0 Å². The molecule has 0 aromatic carbocycles. The average Bonchev–Trinajstić information content (AvgIpc) is 2.95. The summed E-state index contributed by atoms with van der Waals surface area (Å²) in [7, 11) is 0. The van der Waals surface area contributed by atoms with Crippen molar-refractivity contribution in [3.05, 3.63) is 29.6 Å². The average molecular weight is 274 g/mol. The lowest BCUT2D eigenvalue weighted by molar-refractivity contribution is 0.183. The SMILES string of the molecule is CCCNC(Cc1ccc(C)cn1)C1(CC)CCCC1. The van der Waals surface area contributed by atoms with Crippen LogP contribution in [0.4, 0.5) is 0 Å². The third-order valence-electron chi connectivity index (χ3n) is 5.07. The fourth-order valence-electron chi connectivity index (χ4n) is 3.68. The molecule has 1 heterocycles. The van der Waals surface area contributed by atoms with Gasteiger partial charge in [-0.2, -0.15) is 0 Å². The first-order valence-corrected chi connectivity index (χ1v) is 8.35. The smallest absolute Gasteiger partial charge is 0.0419 e. The van der Waals surface area contributed by atoms with Crippen LogP contribution >= 0.6 is 0 Å². The highest BCUT2D eigenvalue weighted by molar-refractivity contribution is 5.14. The molecule has 0 bridgehead atoms. The Morgan fingerprint density at radius 2 is 2.00 bits per heavy atom. The van der Waals surface area contributed by atoms with Gasteiger partial charge in [0.25, 0.3) is 0 Å². The van der Waals surface area contributed by atoms with Gasteiger partial charge in [0.15, 0.2) is 0 Å². The predicted molar refractivity (Wildman–Crippen MR) is 86.0 cm³/mol. The third kappa shape index (κ3) is 3.60. The number of nitrogens with zero attached hydrogens (tertiary/aromatic N) is 1. The fourth-order valence-corrected chi connectivity index (χ4v) is 3.68. The van der Waals surface area contributed by atoms with E-state index in [1.54, 1.807) is 0 Å². The van der Waals surface area contributed by atoms with Crippen LogP contribution in [0, 0.1) is 12.3 Å². The maximum Gasteiger partial charge on any atom is 0.0419 e. The lowest BCUT2D eigenvalue weighted by Crippen LogP contribution is -2.45. The monoisotopic (exact) mass is 274 g/mol. The molecular weight excluding hydrogens is 244 g/mol. The molecule has 0 radical (unpaired) electrons. The van der Waals surface area contributed by atoms with Gasteiger partial charge in [-0.3, -0.25) is 4.98 Å². The lowest BCUT2D eigenvalue weighted by Gasteiger charge is -2.38. The van der Waals surface area contributed by atoms with E-state index in [9.17, 15) is 0 Å². The Bertz CT molecular complexity index is 390. The molecule has 0 amide bonds. The van der Waals surface area contributed by atoms with Gasteiger partial charge in [-0.05, 0) is 56.2 Å². The number of aryl methyl sites for hydroxylation is 1. The van der Waals surface area contributed by atoms with Crippen LogP contribution in [0.2, 0.25) is 0 Å². The van der Waals surface area contributed by atoms with E-state index >= 15 is 0 Å². The van der Waals surface area contributed by atoms with E-state index in [2.05, 4.69) is 43.2 Å². The highest BCUT2D eigenvalue weighted by Gasteiger charge is 2.39. The molecule has 2 rings (SSSR count). The summed E-state index contributed by atoms with van der Waals surface area (Å²) in [5, 5.41) is 3.83. The van der Waals surface area contributed by atoms with Gasteiger partial charge in [0.1, 0.15) is 0 Å². The summed E-state index contributed by atoms with van der Waals surface area (Å²) in [5.74, 6) is 0. The van der Waals surface area contributed by atoms with Crippen molar-refractivity contribution >= 4 is 0 Å². The van der Waals surface area contributed by atoms with E-state index in [0.717, 1.165) is 13.0 Å². The topological polar surface area (TPSA) is 24.9 Å². The Labute approximate surface area is 124 Å². The molecule has 1 aromatic rings. The van der Waals surface area contributed by atoms with Gasteiger partial charge in [-0.15, -0.1) is 0 Å². The Morgan fingerprint density at radius 1 is 1.25 bits per heavy atom. The van der Waals surface area contributed by atoms with Crippen LogP contribution in [0.1, 0.15) is 63.6 Å². The normalized spacial score (nSPS) is 19.1. The van der Waals surface area contributed by atoms with Crippen molar-refractivity contribution in [2.45, 2.75) is 71.8 Å². The second kappa shape index (κ2) is 7.21. The van der Waals surface area contributed by atoms with Crippen molar-refractivity contribution < 1.29 is 0 Å². The lowest BCUT2D eigenvalue weighted by atomic mass is 9.74. The molecule has 1 fully saturated rings. The van der Waals surface area contributed by atoms with Crippen LogP contribution in [0.5, 0.6) is 0 Å². The van der Waals surface area contributed by atoms with Crippen molar-refractivity contribution in [2.24, 2.45) is 5.41 Å². The van der Waals surface area contributed by atoms with Crippen LogP contribution in [0.15, 0.2) is 18.3 Å². The minimum atomic E-state index is 0.502. The van der Waals surface area contributed by atoms with Crippen molar-refractivity contribution in [1.29, 1.82) is 0 Å². The highest BCUT2D eigenvalue weighted by Crippen LogP contribution is 2.44. The molecule has 112 valence electrons. The number of pyridine rings is 1.